The van der Waals surface area contributed by atoms with Crippen LogP contribution in [-0.2, 0) is 23.5 Å². The molecule has 0 saturated heterocycles. The summed E-state index contributed by atoms with van der Waals surface area (Å²) in [4.78, 5) is 0. The first-order valence-electron chi connectivity index (χ1n) is 7.69. The molecule has 0 saturated carbocycles. The quantitative estimate of drug-likeness (QED) is 0.282. The first-order chi connectivity index (χ1) is 10.5. The van der Waals surface area contributed by atoms with Gasteiger partial charge in [0.1, 0.15) is 0 Å². The Morgan fingerprint density at radius 1 is 1.00 bits per heavy atom. The van der Waals surface area contributed by atoms with E-state index >= 15 is 0 Å². The van der Waals surface area contributed by atoms with Crippen molar-refractivity contribution in [3.05, 3.63) is 0 Å². The lowest BCUT2D eigenvalue weighted by molar-refractivity contribution is -0.890. The van der Waals surface area contributed by atoms with Gasteiger partial charge in [-0.2, -0.15) is 12.7 Å². The highest BCUT2D eigenvalue weighted by Crippen LogP contribution is 2.16. The monoisotopic (exact) mass is 372 g/mol. The van der Waals surface area contributed by atoms with Crippen molar-refractivity contribution in [2.45, 2.75) is 18.9 Å². The zero-order chi connectivity index (χ0) is 18.1. The summed E-state index contributed by atoms with van der Waals surface area (Å²) in [6, 6.07) is 0.769. The normalized spacial score (nSPS) is 13.7. The van der Waals surface area contributed by atoms with Gasteiger partial charge < -0.3 is 17.8 Å². The first kappa shape index (κ1) is 22.9. The minimum Gasteiger partial charge on any atom is -0.377 e. The van der Waals surface area contributed by atoms with Crippen molar-refractivity contribution in [3.8, 4) is 0 Å². The Kier molecular flexibility index (Phi) is 10.0. The summed E-state index contributed by atoms with van der Waals surface area (Å²) >= 11 is 0. The lowest BCUT2D eigenvalue weighted by Crippen LogP contribution is -2.46. The van der Waals surface area contributed by atoms with Crippen LogP contribution in [0, 0.1) is 0 Å². The van der Waals surface area contributed by atoms with Gasteiger partial charge in [0.2, 0.25) is 0 Å². The highest BCUT2D eigenvalue weighted by atomic mass is 32.2. The highest BCUT2D eigenvalue weighted by molar-refractivity contribution is 7.87. The van der Waals surface area contributed by atoms with Gasteiger partial charge in [0.15, 0.2) is 0 Å². The third kappa shape index (κ3) is 8.54. The molecule has 0 aromatic rings. The van der Waals surface area contributed by atoms with Crippen LogP contribution < -0.4 is 4.72 Å². The molecule has 10 heteroatoms. The van der Waals surface area contributed by atoms with Crippen molar-refractivity contribution >= 4 is 19.0 Å². The predicted molar refractivity (Wildman–Crippen MR) is 93.3 cm³/mol. The van der Waals surface area contributed by atoms with Gasteiger partial charge in [0.05, 0.1) is 27.2 Å². The van der Waals surface area contributed by atoms with E-state index in [0.717, 1.165) is 36.5 Å². The molecule has 0 amide bonds. The third-order valence-corrected chi connectivity index (χ3v) is 8.25. The molecule has 0 unspecified atom stereocenters. The summed E-state index contributed by atoms with van der Waals surface area (Å²) in [5, 5.41) is 0. The molecule has 0 spiro atoms. The minimum absolute atomic E-state index is 0.440. The smallest absolute Gasteiger partial charge is 0.377 e. The molecule has 0 rings (SSSR count). The Hall–Kier alpha value is -0.0731. The van der Waals surface area contributed by atoms with Gasteiger partial charge in [-0.25, -0.2) is 4.72 Å². The molecular weight excluding hydrogens is 338 g/mol. The van der Waals surface area contributed by atoms with Gasteiger partial charge in [-0.05, 0) is 0 Å². The molecule has 1 N–H and O–H groups in total. The fraction of sp³-hybridized carbons (Fsp3) is 1.00. The second-order valence-electron chi connectivity index (χ2n) is 6.32. The summed E-state index contributed by atoms with van der Waals surface area (Å²) in [7, 11) is 6.33. The molecule has 0 atom stereocenters. The lowest BCUT2D eigenvalue weighted by Gasteiger charge is -2.31. The predicted octanol–water partition coefficient (Wildman–Crippen LogP) is 0.117. The zero-order valence-corrected chi connectivity index (χ0v) is 17.4. The summed E-state index contributed by atoms with van der Waals surface area (Å²) in [5.74, 6) is 0. The maximum atomic E-state index is 11.6. The Morgan fingerprint density at radius 3 is 1.91 bits per heavy atom. The summed E-state index contributed by atoms with van der Waals surface area (Å²) < 4.78 is 44.0. The SMILES string of the molecule is CO[Si](CCC[N+](C)(C)CCCNS(=O)(=O)N(C)C)(OC)OC. The molecular formula is C13H34N3O5SSi+. The van der Waals surface area contributed by atoms with Crippen LogP contribution in [-0.4, -0.2) is 95.2 Å². The van der Waals surface area contributed by atoms with E-state index < -0.39 is 19.0 Å². The summed E-state index contributed by atoms with van der Waals surface area (Å²) in [6.07, 6.45) is 1.71. The molecule has 140 valence electrons. The summed E-state index contributed by atoms with van der Waals surface area (Å²) in [5.41, 5.74) is 0. The van der Waals surface area contributed by atoms with E-state index in [0.29, 0.717) is 6.54 Å². The van der Waals surface area contributed by atoms with Crippen molar-refractivity contribution < 1.29 is 26.2 Å². The van der Waals surface area contributed by atoms with Crippen LogP contribution in [0.25, 0.3) is 0 Å². The average molecular weight is 373 g/mol. The fourth-order valence-corrected chi connectivity index (χ4v) is 4.59. The molecule has 0 aliphatic carbocycles. The number of rotatable bonds is 13. The molecule has 0 radical (unpaired) electrons. The second kappa shape index (κ2) is 10.0. The highest BCUT2D eigenvalue weighted by Gasteiger charge is 2.37. The van der Waals surface area contributed by atoms with E-state index in [1.807, 2.05) is 0 Å². The van der Waals surface area contributed by atoms with E-state index in [4.69, 9.17) is 13.3 Å². The Balaban J connectivity index is 4.15. The van der Waals surface area contributed by atoms with Gasteiger partial charge in [-0.1, -0.05) is 0 Å². The molecule has 0 aromatic carbocycles. The molecule has 0 aliphatic rings. The lowest BCUT2D eigenvalue weighted by atomic mass is 10.3. The van der Waals surface area contributed by atoms with Crippen molar-refractivity contribution in [2.24, 2.45) is 0 Å². The number of hydrogen-bond acceptors (Lipinski definition) is 5. The van der Waals surface area contributed by atoms with Crippen LogP contribution >= 0.6 is 0 Å². The van der Waals surface area contributed by atoms with Crippen LogP contribution in [0.5, 0.6) is 0 Å². The Morgan fingerprint density at radius 2 is 1.48 bits per heavy atom. The van der Waals surface area contributed by atoms with Crippen LogP contribution in [0.4, 0.5) is 0 Å². The second-order valence-corrected chi connectivity index (χ2v) is 11.4. The largest absolute Gasteiger partial charge is 0.500 e. The Bertz CT molecular complexity index is 419. The molecule has 23 heavy (non-hydrogen) atoms. The van der Waals surface area contributed by atoms with E-state index in [9.17, 15) is 8.42 Å². The molecule has 0 heterocycles. The standard InChI is InChI=1S/C13H34N3O5SSi/c1-15(2)22(17,18)14-10-8-11-16(3,4)12-9-13-23(19-5,20-6)21-7/h14H,8-13H2,1-7H3/q+1. The van der Waals surface area contributed by atoms with Crippen LogP contribution in [0.2, 0.25) is 6.04 Å². The van der Waals surface area contributed by atoms with Gasteiger partial charge in [0, 0.05) is 60.9 Å². The fourth-order valence-electron chi connectivity index (χ4n) is 2.23. The number of hydrogen-bond donors (Lipinski definition) is 1. The zero-order valence-electron chi connectivity index (χ0n) is 15.6. The van der Waals surface area contributed by atoms with Crippen LogP contribution in [0.1, 0.15) is 12.8 Å². The number of quaternary nitrogens is 1. The third-order valence-electron chi connectivity index (χ3n) is 3.88. The van der Waals surface area contributed by atoms with Crippen molar-refractivity contribution in [3.63, 3.8) is 0 Å². The van der Waals surface area contributed by atoms with E-state index in [1.165, 1.54) is 18.4 Å². The van der Waals surface area contributed by atoms with Crippen LogP contribution in [0.15, 0.2) is 0 Å². The maximum absolute atomic E-state index is 11.6. The topological polar surface area (TPSA) is 77.1 Å². The molecule has 0 fully saturated rings. The maximum Gasteiger partial charge on any atom is 0.500 e. The first-order valence-corrected chi connectivity index (χ1v) is 11.1. The van der Waals surface area contributed by atoms with Crippen molar-refractivity contribution in [1.29, 1.82) is 0 Å². The Labute approximate surface area is 142 Å². The van der Waals surface area contributed by atoms with Gasteiger partial charge >= 0.3 is 8.80 Å². The number of nitrogens with one attached hydrogen (secondary N) is 1. The van der Waals surface area contributed by atoms with E-state index in [-0.39, 0.29) is 0 Å². The summed E-state index contributed by atoms with van der Waals surface area (Å²) in [6.45, 7) is 2.28. The molecule has 0 aliphatic heterocycles. The number of nitrogens with zero attached hydrogens (tertiary/aromatic N) is 2. The van der Waals surface area contributed by atoms with Gasteiger partial charge in [-0.15, -0.1) is 0 Å². The van der Waals surface area contributed by atoms with Crippen molar-refractivity contribution in [2.75, 3.05) is 69.2 Å². The minimum atomic E-state index is -3.33. The van der Waals surface area contributed by atoms with Gasteiger partial charge in [-0.3, -0.25) is 0 Å². The van der Waals surface area contributed by atoms with Crippen molar-refractivity contribution in [1.82, 2.24) is 9.03 Å². The molecule has 8 nitrogen and oxygen atoms in total. The van der Waals surface area contributed by atoms with Gasteiger partial charge in [0.25, 0.3) is 10.2 Å². The molecule has 0 aromatic heterocycles. The van der Waals surface area contributed by atoms with Crippen LogP contribution in [0.3, 0.4) is 0 Å². The van der Waals surface area contributed by atoms with E-state index in [1.54, 1.807) is 21.3 Å². The average Bonchev–Trinajstić information content (AvgIpc) is 2.48. The molecule has 0 bridgehead atoms. The van der Waals surface area contributed by atoms with E-state index in [2.05, 4.69) is 18.8 Å².